The molecule has 1 saturated carbocycles. The van der Waals surface area contributed by atoms with E-state index in [-0.39, 0.29) is 17.5 Å². The number of benzene rings is 1. The van der Waals surface area contributed by atoms with E-state index < -0.39 is 14.9 Å². The van der Waals surface area contributed by atoms with Gasteiger partial charge in [0.1, 0.15) is 11.4 Å². The van der Waals surface area contributed by atoms with Gasteiger partial charge >= 0.3 is 0 Å². The minimum atomic E-state index is -3.55. The van der Waals surface area contributed by atoms with Crippen molar-refractivity contribution in [3.05, 3.63) is 28.3 Å². The molecule has 2 rings (SSSR count). The van der Waals surface area contributed by atoms with E-state index in [4.69, 9.17) is 4.74 Å². The van der Waals surface area contributed by atoms with E-state index in [1.165, 1.54) is 18.2 Å². The molecule has 8 heteroatoms. The van der Waals surface area contributed by atoms with Crippen LogP contribution < -0.4 is 9.46 Å². The lowest BCUT2D eigenvalue weighted by Gasteiger charge is -2.08. The molecule has 1 aliphatic rings. The maximum Gasteiger partial charge on any atom is 0.297 e. The fraction of sp³-hybridized carbons (Fsp3) is 0.400. The number of nitrogens with one attached hydrogen (secondary N) is 1. The molecule has 0 radical (unpaired) electrons. The molecular weight excluding hydrogens is 260 g/mol. The number of anilines is 1. The molecule has 1 aromatic rings. The van der Waals surface area contributed by atoms with Gasteiger partial charge in [-0.1, -0.05) is 0 Å². The number of sulfonamides is 1. The summed E-state index contributed by atoms with van der Waals surface area (Å²) >= 11 is 0. The molecule has 7 nitrogen and oxygen atoms in total. The van der Waals surface area contributed by atoms with Crippen molar-refractivity contribution in [3.63, 3.8) is 0 Å². The van der Waals surface area contributed by atoms with Gasteiger partial charge in [0.05, 0.1) is 23.3 Å². The lowest BCUT2D eigenvalue weighted by molar-refractivity contribution is -0.384. The first-order valence-corrected chi connectivity index (χ1v) is 7.17. The minimum Gasteiger partial charge on any atom is -0.490 e. The second kappa shape index (κ2) is 4.45. The Balaban J connectivity index is 2.31. The van der Waals surface area contributed by atoms with Crippen molar-refractivity contribution in [2.75, 3.05) is 11.0 Å². The van der Waals surface area contributed by atoms with Crippen LogP contribution in [0.5, 0.6) is 5.75 Å². The van der Waals surface area contributed by atoms with Crippen LogP contribution in [0.1, 0.15) is 12.8 Å². The Morgan fingerprint density at radius 1 is 1.44 bits per heavy atom. The third kappa shape index (κ3) is 3.33. The van der Waals surface area contributed by atoms with E-state index in [0.29, 0.717) is 5.75 Å². The molecule has 1 N–H and O–H groups in total. The van der Waals surface area contributed by atoms with Gasteiger partial charge in [0.2, 0.25) is 10.0 Å². The number of nitro groups is 1. The molecule has 0 aromatic heterocycles. The fourth-order valence-corrected chi connectivity index (χ4v) is 1.97. The molecule has 0 spiro atoms. The average Bonchev–Trinajstić information content (AvgIpc) is 3.01. The standard InChI is InChI=1S/C10H12N2O5S/c1-18(15,16)11-9-5-4-8(17-7-2-3-7)6-10(9)12(13)14/h4-7,11H,2-3H2,1H3. The smallest absolute Gasteiger partial charge is 0.297 e. The van der Waals surface area contributed by atoms with Gasteiger partial charge in [-0.3, -0.25) is 14.8 Å². The third-order valence-corrected chi connectivity index (χ3v) is 2.88. The summed E-state index contributed by atoms with van der Waals surface area (Å²) in [5, 5.41) is 10.9. The molecule has 0 amide bonds. The second-order valence-electron chi connectivity index (χ2n) is 4.13. The maximum atomic E-state index is 11.1. The van der Waals surface area contributed by atoms with Crippen LogP contribution in [0, 0.1) is 10.1 Å². The number of hydrogen-bond donors (Lipinski definition) is 1. The van der Waals surface area contributed by atoms with Gasteiger partial charge in [-0.2, -0.15) is 0 Å². The van der Waals surface area contributed by atoms with Gasteiger partial charge in [-0.25, -0.2) is 8.42 Å². The molecular formula is C10H12N2O5S. The largest absolute Gasteiger partial charge is 0.490 e. The van der Waals surface area contributed by atoms with Crippen molar-refractivity contribution in [1.29, 1.82) is 0 Å². The average molecular weight is 272 g/mol. The van der Waals surface area contributed by atoms with E-state index in [1.54, 1.807) is 0 Å². The van der Waals surface area contributed by atoms with E-state index in [2.05, 4.69) is 4.72 Å². The highest BCUT2D eigenvalue weighted by atomic mass is 32.2. The van der Waals surface area contributed by atoms with Crippen molar-refractivity contribution in [3.8, 4) is 5.75 Å². The second-order valence-corrected chi connectivity index (χ2v) is 5.88. The normalized spacial score (nSPS) is 15.2. The summed E-state index contributed by atoms with van der Waals surface area (Å²) in [4.78, 5) is 10.2. The lowest BCUT2D eigenvalue weighted by atomic mass is 10.2. The number of rotatable bonds is 5. The maximum absolute atomic E-state index is 11.1. The summed E-state index contributed by atoms with van der Waals surface area (Å²) in [7, 11) is -3.55. The topological polar surface area (TPSA) is 98.5 Å². The first kappa shape index (κ1) is 12.6. The van der Waals surface area contributed by atoms with Crippen LogP contribution in [0.25, 0.3) is 0 Å². The number of nitrogens with zero attached hydrogens (tertiary/aromatic N) is 1. The molecule has 0 bridgehead atoms. The highest BCUT2D eigenvalue weighted by Gasteiger charge is 2.25. The number of ether oxygens (including phenoxy) is 1. The number of nitro benzene ring substituents is 1. The van der Waals surface area contributed by atoms with Crippen LogP contribution in [0.4, 0.5) is 11.4 Å². The summed E-state index contributed by atoms with van der Waals surface area (Å²) in [6.07, 6.45) is 2.94. The molecule has 0 aliphatic heterocycles. The van der Waals surface area contributed by atoms with Gasteiger partial charge in [0.25, 0.3) is 5.69 Å². The summed E-state index contributed by atoms with van der Waals surface area (Å²) in [5.41, 5.74) is -0.385. The van der Waals surface area contributed by atoms with Crippen molar-refractivity contribution >= 4 is 21.4 Å². The molecule has 98 valence electrons. The van der Waals surface area contributed by atoms with Crippen molar-refractivity contribution in [2.45, 2.75) is 18.9 Å². The van der Waals surface area contributed by atoms with Crippen LogP contribution in [-0.4, -0.2) is 25.7 Å². The molecule has 0 saturated heterocycles. The van der Waals surface area contributed by atoms with Crippen LogP contribution in [0.15, 0.2) is 18.2 Å². The SMILES string of the molecule is CS(=O)(=O)Nc1ccc(OC2CC2)cc1[N+](=O)[O-]. The first-order valence-electron chi connectivity index (χ1n) is 5.28. The molecule has 0 heterocycles. The highest BCUT2D eigenvalue weighted by Crippen LogP contribution is 2.33. The predicted octanol–water partition coefficient (Wildman–Crippen LogP) is 1.51. The Hall–Kier alpha value is -1.83. The van der Waals surface area contributed by atoms with Crippen LogP contribution in [-0.2, 0) is 10.0 Å². The van der Waals surface area contributed by atoms with Gasteiger partial charge in [0, 0.05) is 0 Å². The van der Waals surface area contributed by atoms with Crippen LogP contribution >= 0.6 is 0 Å². The zero-order chi connectivity index (χ0) is 13.3. The quantitative estimate of drug-likeness (QED) is 0.647. The summed E-state index contributed by atoms with van der Waals surface area (Å²) in [5.74, 6) is 0.378. The Bertz CT molecular complexity index is 580. The number of hydrogen-bond acceptors (Lipinski definition) is 5. The van der Waals surface area contributed by atoms with Crippen molar-refractivity contribution in [2.24, 2.45) is 0 Å². The van der Waals surface area contributed by atoms with Gasteiger partial charge in [-0.15, -0.1) is 0 Å². The van der Waals surface area contributed by atoms with Gasteiger partial charge < -0.3 is 4.74 Å². The zero-order valence-electron chi connectivity index (χ0n) is 9.62. The molecule has 1 aromatic carbocycles. The highest BCUT2D eigenvalue weighted by molar-refractivity contribution is 7.92. The van der Waals surface area contributed by atoms with Crippen LogP contribution in [0.3, 0.4) is 0 Å². The first-order chi connectivity index (χ1) is 8.35. The van der Waals surface area contributed by atoms with Crippen LogP contribution in [0.2, 0.25) is 0 Å². The van der Waals surface area contributed by atoms with E-state index in [9.17, 15) is 18.5 Å². The Kier molecular flexibility index (Phi) is 3.12. The molecule has 1 fully saturated rings. The third-order valence-electron chi connectivity index (χ3n) is 2.29. The van der Waals surface area contributed by atoms with Gasteiger partial charge in [-0.05, 0) is 25.0 Å². The Morgan fingerprint density at radius 3 is 2.61 bits per heavy atom. The molecule has 0 atom stereocenters. The van der Waals surface area contributed by atoms with Crippen molar-refractivity contribution < 1.29 is 18.1 Å². The van der Waals surface area contributed by atoms with Gasteiger partial charge in [0.15, 0.2) is 0 Å². The zero-order valence-corrected chi connectivity index (χ0v) is 10.4. The summed E-state index contributed by atoms with van der Waals surface area (Å²) in [6.45, 7) is 0. The van der Waals surface area contributed by atoms with E-state index in [1.807, 2.05) is 0 Å². The van der Waals surface area contributed by atoms with Crippen molar-refractivity contribution in [1.82, 2.24) is 0 Å². The molecule has 18 heavy (non-hydrogen) atoms. The molecule has 0 unspecified atom stereocenters. The fourth-order valence-electron chi connectivity index (χ4n) is 1.40. The Labute approximate surface area is 104 Å². The Morgan fingerprint density at radius 2 is 2.11 bits per heavy atom. The predicted molar refractivity (Wildman–Crippen MR) is 65.2 cm³/mol. The molecule has 1 aliphatic carbocycles. The van der Waals surface area contributed by atoms with E-state index >= 15 is 0 Å². The monoisotopic (exact) mass is 272 g/mol. The summed E-state index contributed by atoms with van der Waals surface area (Å²) < 4.78 is 29.7. The minimum absolute atomic E-state index is 0.0642. The van der Waals surface area contributed by atoms with E-state index in [0.717, 1.165) is 19.1 Å². The summed E-state index contributed by atoms with van der Waals surface area (Å²) in [6, 6.07) is 4.07. The lowest BCUT2D eigenvalue weighted by Crippen LogP contribution is -2.11.